The van der Waals surface area contributed by atoms with Gasteiger partial charge in [0.05, 0.1) is 17.3 Å². The Kier molecular flexibility index (Phi) is 50.2. The van der Waals surface area contributed by atoms with E-state index in [0.717, 1.165) is 6.92 Å². The minimum absolute atomic E-state index is 0. The van der Waals surface area contributed by atoms with Gasteiger partial charge in [0, 0.05) is 42.8 Å². The molecule has 0 aromatic heterocycles. The molecule has 0 radical (unpaired) electrons. The molecule has 43 heavy (non-hydrogen) atoms. The average molecular weight is 692 g/mol. The molecule has 0 fully saturated rings. The Morgan fingerprint density at radius 1 is 0.721 bits per heavy atom. The van der Waals surface area contributed by atoms with Crippen LogP contribution in [-0.4, -0.2) is 57.6 Å². The number of nitrogens with one attached hydrogen (secondary N) is 2. The molecule has 0 aromatic carbocycles. The third kappa shape index (κ3) is 23.1. The molecular formula is C20H27N2Na7O13Si. The second-order valence-electron chi connectivity index (χ2n) is 8.12. The maximum absolute atomic E-state index is 12.9. The third-order valence-corrected chi connectivity index (χ3v) is 6.64. The zero-order chi connectivity index (χ0) is 28.3. The molecule has 206 valence electrons. The zero-order valence-electron chi connectivity index (χ0n) is 26.7. The number of aliphatic carboxylic acids is 4. The maximum atomic E-state index is 12.9. The van der Waals surface area contributed by atoms with Crippen LogP contribution in [0.4, 0.5) is 0 Å². The number of hydrogen-bond acceptors (Lipinski definition) is 13. The second kappa shape index (κ2) is 33.1. The van der Waals surface area contributed by atoms with Gasteiger partial charge in [-0.1, -0.05) is 20.3 Å². The van der Waals surface area contributed by atoms with Crippen LogP contribution in [-0.2, 0) is 28.8 Å². The molecule has 4 atom stereocenters. The first-order valence-corrected chi connectivity index (χ1v) is 13.0. The van der Waals surface area contributed by atoms with Crippen LogP contribution in [0, 0.1) is 23.2 Å². The van der Waals surface area contributed by atoms with Crippen molar-refractivity contribution in [2.24, 2.45) is 23.2 Å². The van der Waals surface area contributed by atoms with Gasteiger partial charge in [0.25, 0.3) is 0 Å². The van der Waals surface area contributed by atoms with Crippen LogP contribution < -0.4 is 252 Å². The van der Waals surface area contributed by atoms with Crippen LogP contribution in [0.2, 0.25) is 6.04 Å². The fraction of sp³-hybridized carbons (Fsp3) is 0.700. The number of carbonyl (C=O) groups excluding carboxylic acids is 6. The Morgan fingerprint density at radius 2 is 1.19 bits per heavy atom. The van der Waals surface area contributed by atoms with Crippen molar-refractivity contribution < 1.29 is 270 Å². The van der Waals surface area contributed by atoms with Crippen molar-refractivity contribution in [1.82, 2.24) is 10.6 Å². The van der Waals surface area contributed by atoms with Gasteiger partial charge < -0.3 is 64.6 Å². The summed E-state index contributed by atoms with van der Waals surface area (Å²) in [5.74, 6) is -19.7. The second-order valence-corrected chi connectivity index (χ2v) is 9.99. The third-order valence-electron chi connectivity index (χ3n) is 5.67. The van der Waals surface area contributed by atoms with Gasteiger partial charge in [-0.2, -0.15) is 0 Å². The minimum Gasteiger partial charge on any atom is -0.881 e. The fourth-order valence-corrected chi connectivity index (χ4v) is 4.42. The first-order valence-electron chi connectivity index (χ1n) is 11.1. The molecule has 0 aromatic rings. The number of carboxylic acids is 4. The molecule has 2 N–H and O–H groups in total. The standard InChI is InChI=1S/C20H31N2O13Si.7Na/c1-3-5-7-21-15(25)13(11(16(26)27)10-12(23)24)14(17(28)29)20(4-2,19(31)32)18(30)22-8-6-9-36(33,34)35;;;;;;;/h11,13-14H,3-10H2,1-2H3,(H,21,25)(H,22,30)(H,23,24)(H,26,27)(H,28,29)(H,31,32);;;;;;;/q-3;7*+1/p-4/t11-,13-,14+,20+;;;;;;;/m0......./s1. The van der Waals surface area contributed by atoms with Crippen molar-refractivity contribution >= 4 is 44.5 Å². The molecular weight excluding hydrogens is 665 g/mol. The quantitative estimate of drug-likeness (QED) is 0.0767. The molecule has 0 aliphatic carbocycles. The van der Waals surface area contributed by atoms with E-state index in [4.69, 9.17) is 0 Å². The number of rotatable bonds is 18. The van der Waals surface area contributed by atoms with Crippen LogP contribution in [0.3, 0.4) is 0 Å². The maximum Gasteiger partial charge on any atom is 1.00 e. The zero-order valence-corrected chi connectivity index (χ0v) is 41.7. The molecule has 0 saturated heterocycles. The Balaban J connectivity index is -0.000000292. The number of carboxylic acid groups (broad SMARTS) is 4. The van der Waals surface area contributed by atoms with Crippen LogP contribution in [0.15, 0.2) is 0 Å². The van der Waals surface area contributed by atoms with E-state index in [1.54, 1.807) is 6.92 Å². The summed E-state index contributed by atoms with van der Waals surface area (Å²) < 4.78 is 0. The number of unbranched alkanes of at least 4 members (excludes halogenated alkanes) is 1. The van der Waals surface area contributed by atoms with Crippen LogP contribution in [0.1, 0.15) is 46.0 Å². The molecule has 0 saturated carbocycles. The smallest absolute Gasteiger partial charge is 0.881 e. The summed E-state index contributed by atoms with van der Waals surface area (Å²) in [7, 11) is -5.26. The molecule has 2 amide bonds. The van der Waals surface area contributed by atoms with Crippen LogP contribution >= 0.6 is 0 Å². The summed E-state index contributed by atoms with van der Waals surface area (Å²) in [5.41, 5.74) is -3.17. The van der Waals surface area contributed by atoms with Gasteiger partial charge in [-0.15, -0.1) is 6.04 Å². The van der Waals surface area contributed by atoms with E-state index in [1.165, 1.54) is 0 Å². The molecule has 15 nitrogen and oxygen atoms in total. The first-order chi connectivity index (χ1) is 16.6. The summed E-state index contributed by atoms with van der Waals surface area (Å²) in [6.45, 7) is 1.99. The predicted molar refractivity (Wildman–Crippen MR) is 104 cm³/mol. The van der Waals surface area contributed by atoms with Gasteiger partial charge in [-0.05, 0) is 25.7 Å². The Bertz CT molecular complexity index is 856. The number of amides is 2. The number of carbonyl (C=O) groups is 6. The van der Waals surface area contributed by atoms with Gasteiger partial charge in [-0.3, -0.25) is 18.4 Å². The van der Waals surface area contributed by atoms with E-state index < -0.39 is 99.5 Å². The van der Waals surface area contributed by atoms with E-state index in [-0.39, 0.29) is 213 Å². The molecule has 0 rings (SSSR count). The summed E-state index contributed by atoms with van der Waals surface area (Å²) in [5, 5.41) is 51.5. The van der Waals surface area contributed by atoms with Gasteiger partial charge in [-0.25, -0.2) is 0 Å². The molecule has 0 aliphatic heterocycles. The van der Waals surface area contributed by atoms with Crippen molar-refractivity contribution in [1.29, 1.82) is 0 Å². The summed E-state index contributed by atoms with van der Waals surface area (Å²) in [6, 6.07) is -0.900. The fourth-order valence-electron chi connectivity index (χ4n) is 3.81. The summed E-state index contributed by atoms with van der Waals surface area (Å²) in [4.78, 5) is 105. The van der Waals surface area contributed by atoms with Crippen molar-refractivity contribution in [2.45, 2.75) is 52.0 Å². The van der Waals surface area contributed by atoms with Crippen molar-refractivity contribution in [2.75, 3.05) is 13.1 Å². The Hall–Kier alpha value is 3.92. The Morgan fingerprint density at radius 3 is 1.51 bits per heavy atom. The minimum atomic E-state index is -5.26. The first kappa shape index (κ1) is 65.3. The average Bonchev–Trinajstić information content (AvgIpc) is 2.74. The van der Waals surface area contributed by atoms with Gasteiger partial charge in [0.15, 0.2) is 0 Å². The predicted octanol–water partition coefficient (Wildman–Crippen LogP) is -29.9. The monoisotopic (exact) mass is 692 g/mol. The van der Waals surface area contributed by atoms with E-state index in [0.29, 0.717) is 12.8 Å². The van der Waals surface area contributed by atoms with E-state index >= 15 is 0 Å². The van der Waals surface area contributed by atoms with Crippen LogP contribution in [0.5, 0.6) is 0 Å². The van der Waals surface area contributed by atoms with Crippen LogP contribution in [0.25, 0.3) is 0 Å². The van der Waals surface area contributed by atoms with E-state index in [9.17, 15) is 63.6 Å². The Labute approximate surface area is 406 Å². The molecule has 0 bridgehead atoms. The van der Waals surface area contributed by atoms with Gasteiger partial charge in [0.1, 0.15) is 0 Å². The van der Waals surface area contributed by atoms with Crippen molar-refractivity contribution in [3.8, 4) is 0 Å². The van der Waals surface area contributed by atoms with Gasteiger partial charge in [0.2, 0.25) is 11.8 Å². The van der Waals surface area contributed by atoms with E-state index in [2.05, 4.69) is 5.32 Å². The molecule has 23 heteroatoms. The molecule has 0 unspecified atom stereocenters. The summed E-state index contributed by atoms with van der Waals surface area (Å²) in [6.07, 6.45) is -1.97. The summed E-state index contributed by atoms with van der Waals surface area (Å²) >= 11 is 0. The largest absolute Gasteiger partial charge is 1.00 e. The van der Waals surface area contributed by atoms with Crippen molar-refractivity contribution in [3.05, 3.63) is 0 Å². The van der Waals surface area contributed by atoms with Gasteiger partial charge >= 0.3 is 207 Å². The SMILES string of the molecule is CCCCNC(=O)[C@@H]([C@H](CC(=O)[O-])C(=O)[O-])[C@H](C(=O)[O-])[C@@](CC)(C(=O)[O-])C(=O)NCCC[Si]([O-])([O-])[O-].[Na+].[Na+].[Na+].[Na+].[Na+].[Na+].[Na+]. The molecule has 0 heterocycles. The number of hydrogen-bond donors (Lipinski definition) is 2. The molecule has 0 spiro atoms. The normalized spacial score (nSPS) is 13.0. The molecule has 0 aliphatic rings. The van der Waals surface area contributed by atoms with E-state index in [1.807, 2.05) is 5.32 Å². The van der Waals surface area contributed by atoms with Crippen molar-refractivity contribution in [3.63, 3.8) is 0 Å². The topological polar surface area (TPSA) is 288 Å².